The molecule has 0 saturated carbocycles. The molecule has 1 aliphatic heterocycles. The maximum absolute atomic E-state index is 13.0. The summed E-state index contributed by atoms with van der Waals surface area (Å²) in [7, 11) is 0. The smallest absolute Gasteiger partial charge is 0.123 e. The van der Waals surface area contributed by atoms with Crippen molar-refractivity contribution in [3.8, 4) is 0 Å². The van der Waals surface area contributed by atoms with Gasteiger partial charge in [0.2, 0.25) is 0 Å². The Kier molecular flexibility index (Phi) is 4.84. The lowest BCUT2D eigenvalue weighted by atomic mass is 9.97. The molecule has 1 N–H and O–H groups in total. The Morgan fingerprint density at radius 1 is 1.33 bits per heavy atom. The van der Waals surface area contributed by atoms with Crippen LogP contribution in [0.5, 0.6) is 0 Å². The van der Waals surface area contributed by atoms with E-state index in [1.165, 1.54) is 25.0 Å². The van der Waals surface area contributed by atoms with Gasteiger partial charge in [-0.2, -0.15) is 0 Å². The van der Waals surface area contributed by atoms with Crippen molar-refractivity contribution in [2.24, 2.45) is 0 Å². The van der Waals surface area contributed by atoms with Crippen LogP contribution in [0.25, 0.3) is 0 Å². The number of piperidine rings is 1. The minimum Gasteiger partial charge on any atom is -0.310 e. The van der Waals surface area contributed by atoms with Gasteiger partial charge in [0.05, 0.1) is 0 Å². The third-order valence-electron chi connectivity index (χ3n) is 2.64. The largest absolute Gasteiger partial charge is 0.310 e. The monoisotopic (exact) mass is 249 g/mol. The maximum atomic E-state index is 13.0. The highest BCUT2D eigenvalue weighted by molar-refractivity contribution is 6.31. The van der Waals surface area contributed by atoms with E-state index < -0.39 is 0 Å². The fourth-order valence-electron chi connectivity index (χ4n) is 1.90. The molecule has 15 heavy (non-hydrogen) atoms. The topological polar surface area (TPSA) is 12.0 Å². The van der Waals surface area contributed by atoms with Crippen LogP contribution in [-0.2, 0) is 0 Å². The molecule has 2 rings (SSSR count). The van der Waals surface area contributed by atoms with Crippen molar-refractivity contribution in [1.82, 2.24) is 5.32 Å². The zero-order valence-electron chi connectivity index (χ0n) is 8.30. The minimum absolute atomic E-state index is 0. The predicted octanol–water partition coefficient (Wildman–Crippen LogP) is 3.72. The minimum atomic E-state index is -0.211. The lowest BCUT2D eigenvalue weighted by molar-refractivity contribution is 0.411. The van der Waals surface area contributed by atoms with Gasteiger partial charge in [0.25, 0.3) is 0 Å². The summed E-state index contributed by atoms with van der Waals surface area (Å²) in [6.07, 6.45) is 3.43. The molecule has 0 aliphatic carbocycles. The van der Waals surface area contributed by atoms with Gasteiger partial charge in [-0.05, 0) is 43.1 Å². The zero-order valence-corrected chi connectivity index (χ0v) is 9.87. The Morgan fingerprint density at radius 3 is 2.80 bits per heavy atom. The first-order valence-corrected chi connectivity index (χ1v) is 5.33. The number of hydrogen-bond acceptors (Lipinski definition) is 1. The average Bonchev–Trinajstić information content (AvgIpc) is 2.23. The number of halogens is 3. The summed E-state index contributed by atoms with van der Waals surface area (Å²) in [4.78, 5) is 0. The molecule has 1 aliphatic rings. The lowest BCUT2D eigenvalue weighted by Crippen LogP contribution is -2.27. The average molecular weight is 250 g/mol. The van der Waals surface area contributed by atoms with Crippen LogP contribution in [0.1, 0.15) is 30.9 Å². The molecule has 0 amide bonds. The van der Waals surface area contributed by atoms with Crippen LogP contribution < -0.4 is 5.32 Å². The van der Waals surface area contributed by atoms with Crippen LogP contribution in [0.2, 0.25) is 5.02 Å². The second-order valence-electron chi connectivity index (χ2n) is 3.67. The first kappa shape index (κ1) is 12.8. The van der Waals surface area contributed by atoms with E-state index in [1.807, 2.05) is 0 Å². The fourth-order valence-corrected chi connectivity index (χ4v) is 2.15. The summed E-state index contributed by atoms with van der Waals surface area (Å²) < 4.78 is 13.0. The Labute approximate surface area is 100 Å². The van der Waals surface area contributed by atoms with Crippen molar-refractivity contribution < 1.29 is 4.39 Å². The maximum Gasteiger partial charge on any atom is 0.123 e. The first-order chi connectivity index (χ1) is 6.77. The van der Waals surface area contributed by atoms with Gasteiger partial charge in [-0.3, -0.25) is 0 Å². The van der Waals surface area contributed by atoms with Crippen molar-refractivity contribution in [2.45, 2.75) is 25.3 Å². The fraction of sp³-hybridized carbons (Fsp3) is 0.455. The van der Waals surface area contributed by atoms with Crippen LogP contribution in [0, 0.1) is 5.82 Å². The highest BCUT2D eigenvalue weighted by Crippen LogP contribution is 2.29. The van der Waals surface area contributed by atoms with E-state index in [-0.39, 0.29) is 24.3 Å². The molecular formula is C11H14Cl2FN. The van der Waals surface area contributed by atoms with Gasteiger partial charge in [0.15, 0.2) is 0 Å². The van der Waals surface area contributed by atoms with Gasteiger partial charge in [0.1, 0.15) is 5.82 Å². The van der Waals surface area contributed by atoms with Crippen LogP contribution in [0.3, 0.4) is 0 Å². The van der Waals surface area contributed by atoms with E-state index in [4.69, 9.17) is 11.6 Å². The molecule has 1 aromatic carbocycles. The highest BCUT2D eigenvalue weighted by Gasteiger charge is 2.17. The number of rotatable bonds is 1. The molecule has 1 saturated heterocycles. The molecular weight excluding hydrogens is 236 g/mol. The summed E-state index contributed by atoms with van der Waals surface area (Å²) in [5.74, 6) is -0.211. The van der Waals surface area contributed by atoms with Crippen LogP contribution in [-0.4, -0.2) is 6.54 Å². The quantitative estimate of drug-likeness (QED) is 0.801. The van der Waals surface area contributed by atoms with E-state index in [0.29, 0.717) is 5.02 Å². The van der Waals surface area contributed by atoms with E-state index in [9.17, 15) is 4.39 Å². The van der Waals surface area contributed by atoms with Crippen LogP contribution in [0.4, 0.5) is 4.39 Å². The molecule has 0 radical (unpaired) electrons. The summed E-state index contributed by atoms with van der Waals surface area (Å²) >= 11 is 6.02. The second kappa shape index (κ2) is 5.69. The first-order valence-electron chi connectivity index (χ1n) is 4.96. The molecule has 1 fully saturated rings. The third kappa shape index (κ3) is 3.07. The van der Waals surface area contributed by atoms with Gasteiger partial charge in [0, 0.05) is 11.1 Å². The molecule has 1 heterocycles. The molecule has 84 valence electrons. The molecule has 0 aromatic heterocycles. The summed E-state index contributed by atoms with van der Waals surface area (Å²) in [6.45, 7) is 0.998. The summed E-state index contributed by atoms with van der Waals surface area (Å²) in [5, 5.41) is 4.01. The van der Waals surface area contributed by atoms with Crippen LogP contribution >= 0.6 is 24.0 Å². The van der Waals surface area contributed by atoms with Crippen molar-refractivity contribution in [3.63, 3.8) is 0 Å². The van der Waals surface area contributed by atoms with Crippen LogP contribution in [0.15, 0.2) is 18.2 Å². The van der Waals surface area contributed by atoms with Crippen molar-refractivity contribution in [1.29, 1.82) is 0 Å². The molecule has 0 spiro atoms. The number of hydrogen-bond donors (Lipinski definition) is 1. The highest BCUT2D eigenvalue weighted by atomic mass is 35.5. The van der Waals surface area contributed by atoms with Gasteiger partial charge in [-0.15, -0.1) is 12.4 Å². The zero-order chi connectivity index (χ0) is 9.97. The van der Waals surface area contributed by atoms with E-state index in [1.54, 1.807) is 6.07 Å². The molecule has 0 unspecified atom stereocenters. The van der Waals surface area contributed by atoms with Gasteiger partial charge in [-0.25, -0.2) is 4.39 Å². The second-order valence-corrected chi connectivity index (χ2v) is 4.08. The SMILES string of the molecule is Cl.Fc1ccc(Cl)c([C@H]2CCCCN2)c1. The molecule has 1 aromatic rings. The Morgan fingerprint density at radius 2 is 2.13 bits per heavy atom. The molecule has 1 nitrogen and oxygen atoms in total. The number of benzene rings is 1. The Bertz CT molecular complexity index is 324. The Balaban J connectivity index is 0.00000112. The van der Waals surface area contributed by atoms with E-state index in [2.05, 4.69) is 5.32 Å². The van der Waals surface area contributed by atoms with E-state index >= 15 is 0 Å². The number of nitrogens with one attached hydrogen (secondary N) is 1. The molecule has 0 bridgehead atoms. The van der Waals surface area contributed by atoms with E-state index in [0.717, 1.165) is 18.5 Å². The van der Waals surface area contributed by atoms with Gasteiger partial charge < -0.3 is 5.32 Å². The molecule has 1 atom stereocenters. The third-order valence-corrected chi connectivity index (χ3v) is 2.99. The van der Waals surface area contributed by atoms with Crippen molar-refractivity contribution in [2.75, 3.05) is 6.54 Å². The van der Waals surface area contributed by atoms with Gasteiger partial charge in [-0.1, -0.05) is 18.0 Å². The van der Waals surface area contributed by atoms with Gasteiger partial charge >= 0.3 is 0 Å². The lowest BCUT2D eigenvalue weighted by Gasteiger charge is -2.24. The summed E-state index contributed by atoms with van der Waals surface area (Å²) in [5.41, 5.74) is 0.895. The summed E-state index contributed by atoms with van der Waals surface area (Å²) in [6, 6.07) is 4.79. The molecule has 4 heteroatoms. The standard InChI is InChI=1S/C11H13ClFN.ClH/c12-10-5-4-8(13)7-9(10)11-3-1-2-6-14-11;/h4-5,7,11,14H,1-3,6H2;1H/t11-;/m1./s1. The predicted molar refractivity (Wildman–Crippen MR) is 63.3 cm³/mol. The van der Waals surface area contributed by atoms with Crippen molar-refractivity contribution in [3.05, 3.63) is 34.6 Å². The van der Waals surface area contributed by atoms with Crippen molar-refractivity contribution >= 4 is 24.0 Å². The normalized spacial score (nSPS) is 20.8. The Hall–Kier alpha value is -0.310.